The van der Waals surface area contributed by atoms with Gasteiger partial charge in [-0.3, -0.25) is 0 Å². The summed E-state index contributed by atoms with van der Waals surface area (Å²) < 4.78 is 5.85. The molecule has 1 aliphatic heterocycles. The number of piperazine rings is 1. The summed E-state index contributed by atoms with van der Waals surface area (Å²) in [6, 6.07) is 26.2. The predicted molar refractivity (Wildman–Crippen MR) is 159 cm³/mol. The zero-order chi connectivity index (χ0) is 25.9. The fraction of sp³-hybridized carbons (Fsp3) is 0.273. The van der Waals surface area contributed by atoms with Gasteiger partial charge in [0.15, 0.2) is 0 Å². The van der Waals surface area contributed by atoms with Gasteiger partial charge in [-0.2, -0.15) is 0 Å². The molecule has 5 heteroatoms. The van der Waals surface area contributed by atoms with Crippen molar-refractivity contribution >= 4 is 27.5 Å². The third-order valence-electron chi connectivity index (χ3n) is 7.56. The van der Waals surface area contributed by atoms with Gasteiger partial charge in [0.25, 0.3) is 0 Å². The van der Waals surface area contributed by atoms with Crippen LogP contribution in [0.2, 0.25) is 0 Å². The lowest BCUT2D eigenvalue weighted by Gasteiger charge is -2.34. The molecule has 3 heterocycles. The molecule has 5 aromatic rings. The van der Waals surface area contributed by atoms with E-state index in [1.807, 2.05) is 12.1 Å². The Morgan fingerprint density at radius 3 is 2.16 bits per heavy atom. The normalized spacial score (nSPS) is 14.3. The van der Waals surface area contributed by atoms with Crippen LogP contribution in [-0.2, 0) is 0 Å². The maximum Gasteiger partial charge on any atom is 0.119 e. The number of terminal acetylenes is 1. The molecule has 0 spiro atoms. The fourth-order valence-electron chi connectivity index (χ4n) is 5.23. The van der Waals surface area contributed by atoms with Gasteiger partial charge in [-0.25, -0.2) is 0 Å². The van der Waals surface area contributed by atoms with E-state index in [0.29, 0.717) is 6.61 Å². The van der Waals surface area contributed by atoms with E-state index in [9.17, 15) is 0 Å². The van der Waals surface area contributed by atoms with Crippen molar-refractivity contribution in [2.24, 2.45) is 0 Å². The zero-order valence-corrected chi connectivity index (χ0v) is 22.0. The molecule has 1 saturated heterocycles. The Hall–Kier alpha value is -4.14. The van der Waals surface area contributed by atoms with Crippen molar-refractivity contribution in [1.29, 1.82) is 0 Å². The molecule has 0 radical (unpaired) electrons. The lowest BCUT2D eigenvalue weighted by molar-refractivity contribution is 0.307. The number of rotatable bonds is 8. The Labute approximate surface area is 224 Å². The molecule has 1 aliphatic rings. The topological polar surface area (TPSA) is 47.3 Å². The largest absolute Gasteiger partial charge is 0.494 e. The quantitative estimate of drug-likeness (QED) is 0.179. The van der Waals surface area contributed by atoms with Crippen LogP contribution in [0.25, 0.3) is 44.3 Å². The highest BCUT2D eigenvalue weighted by Crippen LogP contribution is 2.32. The van der Waals surface area contributed by atoms with Gasteiger partial charge in [-0.15, -0.1) is 12.3 Å². The van der Waals surface area contributed by atoms with E-state index < -0.39 is 0 Å². The second-order valence-electron chi connectivity index (χ2n) is 10.3. The number of hydrogen-bond acceptors (Lipinski definition) is 3. The maximum atomic E-state index is 5.85. The Kier molecular flexibility index (Phi) is 6.81. The summed E-state index contributed by atoms with van der Waals surface area (Å²) >= 11 is 0. The molecule has 0 atom stereocenters. The molecule has 0 bridgehead atoms. The summed E-state index contributed by atoms with van der Waals surface area (Å²) in [5.74, 6) is 3.56. The second-order valence-corrected chi connectivity index (χ2v) is 10.3. The van der Waals surface area contributed by atoms with Gasteiger partial charge in [0.1, 0.15) is 5.75 Å². The average molecular weight is 503 g/mol. The highest BCUT2D eigenvalue weighted by molar-refractivity contribution is 5.92. The first kappa shape index (κ1) is 24.2. The zero-order valence-electron chi connectivity index (χ0n) is 22.0. The minimum absolute atomic E-state index is 0.696. The molecule has 3 aromatic carbocycles. The first-order chi connectivity index (χ1) is 18.7. The fourth-order valence-corrected chi connectivity index (χ4v) is 5.23. The number of nitrogens with one attached hydrogen (secondary N) is 2. The molecule has 0 saturated carbocycles. The predicted octanol–water partition coefficient (Wildman–Crippen LogP) is 6.92. The summed E-state index contributed by atoms with van der Waals surface area (Å²) in [5, 5.41) is 2.44. The number of H-pyrrole nitrogens is 2. The summed E-state index contributed by atoms with van der Waals surface area (Å²) in [4.78, 5) is 12.1. The second kappa shape index (κ2) is 10.7. The molecule has 5 nitrogen and oxygen atoms in total. The van der Waals surface area contributed by atoms with Crippen molar-refractivity contribution in [3.63, 3.8) is 0 Å². The average Bonchev–Trinajstić information content (AvgIpc) is 3.57. The van der Waals surface area contributed by atoms with Crippen LogP contribution in [0.5, 0.6) is 5.75 Å². The van der Waals surface area contributed by atoms with Gasteiger partial charge in [-0.1, -0.05) is 18.2 Å². The number of aromatic nitrogens is 2. The lowest BCUT2D eigenvalue weighted by atomic mass is 10.1. The van der Waals surface area contributed by atoms with Crippen molar-refractivity contribution in [2.45, 2.75) is 19.3 Å². The van der Waals surface area contributed by atoms with Crippen LogP contribution in [0.3, 0.4) is 0 Å². The van der Waals surface area contributed by atoms with E-state index in [1.54, 1.807) is 0 Å². The molecule has 0 amide bonds. The van der Waals surface area contributed by atoms with Gasteiger partial charge >= 0.3 is 0 Å². The van der Waals surface area contributed by atoms with Crippen LogP contribution in [-0.4, -0.2) is 54.7 Å². The summed E-state index contributed by atoms with van der Waals surface area (Å²) in [7, 11) is 2.19. The minimum Gasteiger partial charge on any atom is -0.494 e. The third kappa shape index (κ3) is 5.14. The number of unbranched alkanes of at least 4 members (excludes halogenated alkanes) is 2. The number of aromatic amines is 2. The van der Waals surface area contributed by atoms with E-state index in [0.717, 1.165) is 73.7 Å². The molecule has 2 aromatic heterocycles. The van der Waals surface area contributed by atoms with Crippen LogP contribution in [0, 0.1) is 12.3 Å². The van der Waals surface area contributed by atoms with E-state index in [4.69, 9.17) is 11.2 Å². The summed E-state index contributed by atoms with van der Waals surface area (Å²) in [6.45, 7) is 5.06. The maximum absolute atomic E-state index is 5.85. The van der Waals surface area contributed by atoms with Crippen LogP contribution in [0.1, 0.15) is 19.3 Å². The van der Waals surface area contributed by atoms with E-state index >= 15 is 0 Å². The Balaban J connectivity index is 1.18. The number of hydrogen-bond donors (Lipinski definition) is 2. The molecule has 0 unspecified atom stereocenters. The van der Waals surface area contributed by atoms with E-state index in [1.165, 1.54) is 27.5 Å². The smallest absolute Gasteiger partial charge is 0.119 e. The standard InChI is InChI=1S/C33H34N4O/c1-3-4-5-6-19-38-29-13-10-24(11-14-29)30-20-25-7-8-26(21-31(25)34-30)32-22-27-9-12-28(23-33(27)35-32)37-17-15-36(2)16-18-37/h1,7-14,20-23,34-35H,4-6,15-19H2,2H3. The van der Waals surface area contributed by atoms with Crippen molar-refractivity contribution in [2.75, 3.05) is 44.7 Å². The summed E-state index contributed by atoms with van der Waals surface area (Å²) in [5.41, 5.74) is 8.17. The minimum atomic E-state index is 0.696. The monoisotopic (exact) mass is 502 g/mol. The van der Waals surface area contributed by atoms with Crippen molar-refractivity contribution in [3.8, 4) is 40.6 Å². The Morgan fingerprint density at radius 2 is 1.42 bits per heavy atom. The molecule has 1 fully saturated rings. The number of anilines is 1. The van der Waals surface area contributed by atoms with Crippen LogP contribution < -0.4 is 9.64 Å². The number of likely N-dealkylation sites (N-methyl/N-ethyl adjacent to an activating group) is 1. The van der Waals surface area contributed by atoms with Gasteiger partial charge in [0, 0.05) is 77.0 Å². The van der Waals surface area contributed by atoms with Crippen LogP contribution in [0.4, 0.5) is 5.69 Å². The third-order valence-corrected chi connectivity index (χ3v) is 7.56. The van der Waals surface area contributed by atoms with Crippen LogP contribution >= 0.6 is 0 Å². The molecule has 6 rings (SSSR count). The van der Waals surface area contributed by atoms with E-state index in [-0.39, 0.29) is 0 Å². The number of benzene rings is 3. The van der Waals surface area contributed by atoms with Gasteiger partial charge < -0.3 is 24.5 Å². The SMILES string of the molecule is C#CCCCCOc1ccc(-c2cc3ccc(-c4cc5ccc(N6CCN(C)CC6)cc5[nH]4)cc3[nH]2)cc1. The van der Waals surface area contributed by atoms with Crippen molar-refractivity contribution in [1.82, 2.24) is 14.9 Å². The molecule has 0 aliphatic carbocycles. The Morgan fingerprint density at radius 1 is 0.763 bits per heavy atom. The number of fused-ring (bicyclic) bond motifs is 2. The van der Waals surface area contributed by atoms with E-state index in [2.05, 4.69) is 93.4 Å². The van der Waals surface area contributed by atoms with Gasteiger partial charge in [0.2, 0.25) is 0 Å². The Bertz CT molecular complexity index is 1580. The highest BCUT2D eigenvalue weighted by Gasteiger charge is 2.15. The summed E-state index contributed by atoms with van der Waals surface area (Å²) in [6.07, 6.45) is 8.10. The molecular formula is C33H34N4O. The first-order valence-corrected chi connectivity index (χ1v) is 13.5. The number of nitrogens with zero attached hydrogens (tertiary/aromatic N) is 2. The van der Waals surface area contributed by atoms with Crippen molar-refractivity contribution in [3.05, 3.63) is 72.8 Å². The van der Waals surface area contributed by atoms with Crippen molar-refractivity contribution < 1.29 is 4.74 Å². The molecular weight excluding hydrogens is 468 g/mol. The molecule has 38 heavy (non-hydrogen) atoms. The van der Waals surface area contributed by atoms with Gasteiger partial charge in [-0.05, 0) is 80.1 Å². The first-order valence-electron chi connectivity index (χ1n) is 13.5. The number of ether oxygens (including phenoxy) is 1. The highest BCUT2D eigenvalue weighted by atomic mass is 16.5. The lowest BCUT2D eigenvalue weighted by Crippen LogP contribution is -2.44. The molecule has 2 N–H and O–H groups in total. The van der Waals surface area contributed by atoms with Gasteiger partial charge in [0.05, 0.1) is 6.61 Å². The molecule has 192 valence electrons. The van der Waals surface area contributed by atoms with Crippen LogP contribution in [0.15, 0.2) is 72.8 Å².